The molecule has 1 aliphatic carbocycles. The largest absolute Gasteiger partial charge is 0.442 e. The maximum absolute atomic E-state index is 6.09. The highest BCUT2D eigenvalue weighted by molar-refractivity contribution is 6.13. The van der Waals surface area contributed by atoms with Crippen molar-refractivity contribution in [2.24, 2.45) is 0 Å². The number of para-hydroxylation sites is 3. The molecular weight excluding hydrogens is 478 g/mol. The van der Waals surface area contributed by atoms with Crippen LogP contribution in [0.4, 0.5) is 0 Å². The molecule has 0 unspecified atom stereocenters. The molecule has 8 aromatic rings. The van der Waals surface area contributed by atoms with E-state index < -0.39 is 0 Å². The van der Waals surface area contributed by atoms with Gasteiger partial charge in [0.15, 0.2) is 0 Å². The smallest absolute Gasteiger partial charge is 0.226 e. The highest BCUT2D eigenvalue weighted by Gasteiger charge is 2.22. The Balaban J connectivity index is 1.31. The van der Waals surface area contributed by atoms with Crippen LogP contribution < -0.4 is 0 Å². The van der Waals surface area contributed by atoms with E-state index in [1.54, 1.807) is 6.20 Å². The van der Waals surface area contributed by atoms with Crippen LogP contribution in [0.5, 0.6) is 0 Å². The molecule has 0 saturated heterocycles. The molecule has 0 atom stereocenters. The van der Waals surface area contributed by atoms with Crippen LogP contribution in [0.3, 0.4) is 0 Å². The predicted octanol–water partition coefficient (Wildman–Crippen LogP) is 8.98. The fraction of sp³-hybridized carbons (Fsp3) is 0.0571. The minimum atomic E-state index is 0.720. The number of nitrogens with zero attached hydrogens (tertiary/aromatic N) is 3. The van der Waals surface area contributed by atoms with E-state index in [2.05, 4.69) is 117 Å². The summed E-state index contributed by atoms with van der Waals surface area (Å²) in [6.45, 7) is 0. The summed E-state index contributed by atoms with van der Waals surface area (Å²) in [7, 11) is 0. The van der Waals surface area contributed by atoms with E-state index in [1.807, 2.05) is 6.07 Å². The lowest BCUT2D eigenvalue weighted by atomic mass is 10.0. The Bertz CT molecular complexity index is 2240. The molecule has 39 heavy (non-hydrogen) atoms. The molecular formula is C35H23N3O. The summed E-state index contributed by atoms with van der Waals surface area (Å²) in [4.78, 5) is 4.45. The van der Waals surface area contributed by atoms with Crippen LogP contribution >= 0.6 is 0 Å². The summed E-state index contributed by atoms with van der Waals surface area (Å²) in [5.41, 5.74) is 9.24. The average Bonchev–Trinajstić information content (AvgIpc) is 3.64. The molecule has 0 N–H and O–H groups in total. The fourth-order valence-electron chi connectivity index (χ4n) is 6.61. The first-order valence-electron chi connectivity index (χ1n) is 13.4. The molecule has 4 aromatic heterocycles. The number of benzene rings is 4. The van der Waals surface area contributed by atoms with Crippen molar-refractivity contribution in [3.63, 3.8) is 0 Å². The zero-order valence-corrected chi connectivity index (χ0v) is 21.1. The lowest BCUT2D eigenvalue weighted by Crippen LogP contribution is -2.03. The van der Waals surface area contributed by atoms with Gasteiger partial charge in [0.05, 0.1) is 22.1 Å². The van der Waals surface area contributed by atoms with Gasteiger partial charge in [0.1, 0.15) is 5.76 Å². The van der Waals surface area contributed by atoms with Crippen LogP contribution in [-0.4, -0.2) is 14.1 Å². The van der Waals surface area contributed by atoms with Gasteiger partial charge in [0.2, 0.25) is 5.71 Å². The molecule has 4 nitrogen and oxygen atoms in total. The zero-order valence-electron chi connectivity index (χ0n) is 21.1. The second-order valence-corrected chi connectivity index (χ2v) is 10.4. The minimum absolute atomic E-state index is 0.720. The fourth-order valence-corrected chi connectivity index (χ4v) is 6.61. The third kappa shape index (κ3) is 2.86. The van der Waals surface area contributed by atoms with Crippen molar-refractivity contribution in [3.05, 3.63) is 121 Å². The molecule has 1 aliphatic rings. The van der Waals surface area contributed by atoms with Crippen molar-refractivity contribution < 1.29 is 4.42 Å². The van der Waals surface area contributed by atoms with Crippen molar-refractivity contribution in [2.45, 2.75) is 12.8 Å². The van der Waals surface area contributed by atoms with Crippen LogP contribution in [0.1, 0.15) is 17.7 Å². The Labute approximate surface area is 224 Å². The topological polar surface area (TPSA) is 35.9 Å². The number of rotatable bonds is 2. The van der Waals surface area contributed by atoms with Crippen LogP contribution in [0.25, 0.3) is 72.2 Å². The summed E-state index contributed by atoms with van der Waals surface area (Å²) >= 11 is 0. The van der Waals surface area contributed by atoms with Gasteiger partial charge in [-0.05, 0) is 61.0 Å². The number of pyridine rings is 1. The predicted molar refractivity (Wildman–Crippen MR) is 160 cm³/mol. The Morgan fingerprint density at radius 3 is 1.92 bits per heavy atom. The monoisotopic (exact) mass is 501 g/mol. The van der Waals surface area contributed by atoms with E-state index in [-0.39, 0.29) is 0 Å². The summed E-state index contributed by atoms with van der Waals surface area (Å²) in [5, 5.41) is 6.16. The van der Waals surface area contributed by atoms with Crippen LogP contribution in [0.15, 0.2) is 114 Å². The Morgan fingerprint density at radius 2 is 1.18 bits per heavy atom. The van der Waals surface area contributed by atoms with Crippen LogP contribution in [0, 0.1) is 0 Å². The van der Waals surface area contributed by atoms with E-state index in [9.17, 15) is 0 Å². The third-order valence-corrected chi connectivity index (χ3v) is 8.28. The van der Waals surface area contributed by atoms with Gasteiger partial charge in [-0.3, -0.25) is 0 Å². The second kappa shape index (κ2) is 7.71. The summed E-state index contributed by atoms with van der Waals surface area (Å²) in [6, 6.07) is 37.1. The maximum atomic E-state index is 6.09. The van der Waals surface area contributed by atoms with E-state index in [1.165, 1.54) is 55.0 Å². The lowest BCUT2D eigenvalue weighted by molar-refractivity contribution is 0.537. The molecule has 4 heterocycles. The molecule has 0 fully saturated rings. The second-order valence-electron chi connectivity index (χ2n) is 10.4. The zero-order chi connectivity index (χ0) is 25.5. The normalized spacial score (nSPS) is 13.6. The van der Waals surface area contributed by atoms with Gasteiger partial charge in [-0.15, -0.1) is 0 Å². The third-order valence-electron chi connectivity index (χ3n) is 8.28. The first kappa shape index (κ1) is 20.9. The van der Waals surface area contributed by atoms with Gasteiger partial charge >= 0.3 is 0 Å². The first-order chi connectivity index (χ1) is 19.3. The maximum Gasteiger partial charge on any atom is 0.226 e. The standard InChI is InChI=1S/C35H23N3O/c1-4-12-30-24(8-1)25-9-2-5-13-31(25)37(30)22-15-17-33-28(20-22)26-10-3-6-14-32(26)38(33)23-16-18-34-29(21-23)27-11-7-19-36-35(27)39-34/h1-15,17,19-21H,16,18H2. The van der Waals surface area contributed by atoms with E-state index >= 15 is 0 Å². The van der Waals surface area contributed by atoms with Gasteiger partial charge in [-0.25, -0.2) is 4.98 Å². The Hall–Kier alpha value is -5.09. The van der Waals surface area contributed by atoms with E-state index in [0.29, 0.717) is 0 Å². The lowest BCUT2D eigenvalue weighted by Gasteiger charge is -2.17. The number of furan rings is 1. The Kier molecular flexibility index (Phi) is 4.14. The van der Waals surface area contributed by atoms with E-state index in [4.69, 9.17) is 4.42 Å². The summed E-state index contributed by atoms with van der Waals surface area (Å²) < 4.78 is 10.9. The summed E-state index contributed by atoms with van der Waals surface area (Å²) in [5.74, 6) is 1.03. The van der Waals surface area contributed by atoms with Crippen LogP contribution in [-0.2, 0) is 6.42 Å². The minimum Gasteiger partial charge on any atom is -0.442 e. The quantitative estimate of drug-likeness (QED) is 0.237. The van der Waals surface area contributed by atoms with Crippen LogP contribution in [0.2, 0.25) is 0 Å². The molecule has 4 heteroatoms. The molecule has 4 aromatic carbocycles. The highest BCUT2D eigenvalue weighted by atomic mass is 16.3. The number of fused-ring (bicyclic) bond motifs is 9. The molecule has 0 aliphatic heterocycles. The SMILES string of the molecule is C1=C(n2c3ccccc3c3cc(-n4c5ccccc5c5ccccc54)ccc32)CCc2oc3ncccc3c21. The van der Waals surface area contributed by atoms with Crippen molar-refractivity contribution in [1.82, 2.24) is 14.1 Å². The van der Waals surface area contributed by atoms with Crippen molar-refractivity contribution in [2.75, 3.05) is 0 Å². The van der Waals surface area contributed by atoms with Gasteiger partial charge < -0.3 is 13.6 Å². The first-order valence-corrected chi connectivity index (χ1v) is 13.4. The number of allylic oxidation sites excluding steroid dienone is 1. The molecule has 9 rings (SSSR count). The van der Waals surface area contributed by atoms with Crippen molar-refractivity contribution in [1.29, 1.82) is 0 Å². The number of aryl methyl sites for hydroxylation is 1. The summed E-state index contributed by atoms with van der Waals surface area (Å²) in [6.07, 6.45) is 5.88. The molecule has 0 radical (unpaired) electrons. The van der Waals surface area contributed by atoms with Gasteiger partial charge in [0, 0.05) is 56.5 Å². The van der Waals surface area contributed by atoms with Crippen molar-refractivity contribution in [3.8, 4) is 5.69 Å². The Morgan fingerprint density at radius 1 is 0.564 bits per heavy atom. The number of hydrogen-bond acceptors (Lipinski definition) is 2. The molecule has 184 valence electrons. The van der Waals surface area contributed by atoms with Gasteiger partial charge in [0.25, 0.3) is 0 Å². The van der Waals surface area contributed by atoms with E-state index in [0.717, 1.165) is 35.3 Å². The molecule has 0 bridgehead atoms. The highest BCUT2D eigenvalue weighted by Crippen LogP contribution is 2.40. The molecule has 0 saturated carbocycles. The van der Waals surface area contributed by atoms with Gasteiger partial charge in [-0.1, -0.05) is 54.6 Å². The molecule has 0 spiro atoms. The van der Waals surface area contributed by atoms with Crippen molar-refractivity contribution >= 4 is 66.5 Å². The average molecular weight is 502 g/mol. The number of aromatic nitrogens is 3. The number of hydrogen-bond donors (Lipinski definition) is 0. The molecule has 0 amide bonds. The van der Waals surface area contributed by atoms with Gasteiger partial charge in [-0.2, -0.15) is 0 Å².